The molecule has 0 heterocycles. The monoisotopic (exact) mass is 352 g/mol. The number of rotatable bonds is 8. The lowest BCUT2D eigenvalue weighted by atomic mass is 10.0. The molecule has 0 aromatic heterocycles. The molecule has 0 bridgehead atoms. The van der Waals surface area contributed by atoms with E-state index in [9.17, 15) is 9.59 Å². The lowest BCUT2D eigenvalue weighted by molar-refractivity contribution is -0.129. The van der Waals surface area contributed by atoms with E-state index in [2.05, 4.69) is 19.2 Å². The van der Waals surface area contributed by atoms with E-state index in [1.54, 1.807) is 11.8 Å². The van der Waals surface area contributed by atoms with Crippen molar-refractivity contribution in [2.45, 2.75) is 46.6 Å². The molecule has 26 heavy (non-hydrogen) atoms. The van der Waals surface area contributed by atoms with Crippen LogP contribution in [-0.2, 0) is 29.0 Å². The molecule has 0 aliphatic carbocycles. The molecule has 2 amide bonds. The number of anilines is 1. The van der Waals surface area contributed by atoms with Crippen LogP contribution in [0.4, 0.5) is 5.69 Å². The van der Waals surface area contributed by atoms with Crippen molar-refractivity contribution in [1.82, 2.24) is 4.90 Å². The molecule has 2 rings (SSSR count). The minimum absolute atomic E-state index is 0.0233. The zero-order valence-corrected chi connectivity index (χ0v) is 15.9. The third-order valence-corrected chi connectivity index (χ3v) is 4.53. The molecule has 0 spiro atoms. The summed E-state index contributed by atoms with van der Waals surface area (Å²) in [7, 11) is 0. The lowest BCUT2D eigenvalue weighted by Crippen LogP contribution is -2.31. The van der Waals surface area contributed by atoms with Crippen LogP contribution in [0.2, 0.25) is 0 Å². The molecule has 0 unspecified atom stereocenters. The maximum atomic E-state index is 12.5. The molecule has 0 radical (unpaired) electrons. The fourth-order valence-corrected chi connectivity index (χ4v) is 2.99. The summed E-state index contributed by atoms with van der Waals surface area (Å²) in [6.45, 7) is 6.65. The Balaban J connectivity index is 2.00. The van der Waals surface area contributed by atoms with Crippen LogP contribution < -0.4 is 5.32 Å². The molecule has 0 aliphatic rings. The predicted octanol–water partition coefficient (Wildman–Crippen LogP) is 4.19. The maximum absolute atomic E-state index is 12.5. The van der Waals surface area contributed by atoms with Gasteiger partial charge in [0.15, 0.2) is 0 Å². The summed E-state index contributed by atoms with van der Waals surface area (Å²) < 4.78 is 0. The molecule has 4 nitrogen and oxygen atoms in total. The Labute approximate surface area is 156 Å². The summed E-state index contributed by atoms with van der Waals surface area (Å²) in [6, 6.07) is 16.0. The minimum Gasteiger partial charge on any atom is -0.338 e. The first kappa shape index (κ1) is 19.7. The Morgan fingerprint density at radius 3 is 2.08 bits per heavy atom. The summed E-state index contributed by atoms with van der Waals surface area (Å²) >= 11 is 0. The largest absolute Gasteiger partial charge is 0.338 e. The van der Waals surface area contributed by atoms with Gasteiger partial charge in [0.2, 0.25) is 11.8 Å². The average Bonchev–Trinajstić information content (AvgIpc) is 2.65. The van der Waals surface area contributed by atoms with Crippen LogP contribution in [0.5, 0.6) is 0 Å². The van der Waals surface area contributed by atoms with E-state index in [4.69, 9.17) is 0 Å². The molecule has 0 saturated heterocycles. The van der Waals surface area contributed by atoms with Gasteiger partial charge in [-0.3, -0.25) is 9.59 Å². The van der Waals surface area contributed by atoms with Gasteiger partial charge in [0.05, 0.1) is 0 Å². The van der Waals surface area contributed by atoms with Crippen molar-refractivity contribution in [3.63, 3.8) is 0 Å². The van der Waals surface area contributed by atoms with Crippen LogP contribution in [0, 0.1) is 0 Å². The average molecular weight is 352 g/mol. The van der Waals surface area contributed by atoms with Gasteiger partial charge in [0.25, 0.3) is 0 Å². The highest BCUT2D eigenvalue weighted by atomic mass is 16.2. The topological polar surface area (TPSA) is 49.4 Å². The number of nitrogens with one attached hydrogen (secondary N) is 1. The first-order valence-electron chi connectivity index (χ1n) is 9.25. The molecular formula is C22H28N2O2. The van der Waals surface area contributed by atoms with E-state index < -0.39 is 0 Å². The third-order valence-electron chi connectivity index (χ3n) is 4.53. The van der Waals surface area contributed by atoms with Crippen molar-refractivity contribution in [3.8, 4) is 0 Å². The normalized spacial score (nSPS) is 10.4. The van der Waals surface area contributed by atoms with Crippen LogP contribution >= 0.6 is 0 Å². The Morgan fingerprint density at radius 1 is 0.923 bits per heavy atom. The number of amides is 2. The second kappa shape index (κ2) is 9.76. The summed E-state index contributed by atoms with van der Waals surface area (Å²) in [5.41, 5.74) is 4.28. The number of carbonyl (C=O) groups is 2. The molecule has 1 N–H and O–H groups in total. The van der Waals surface area contributed by atoms with Crippen molar-refractivity contribution >= 4 is 17.5 Å². The van der Waals surface area contributed by atoms with Gasteiger partial charge in [-0.15, -0.1) is 0 Å². The van der Waals surface area contributed by atoms with Crippen molar-refractivity contribution in [2.75, 3.05) is 11.9 Å². The van der Waals surface area contributed by atoms with Gasteiger partial charge >= 0.3 is 0 Å². The Hall–Kier alpha value is -2.62. The van der Waals surface area contributed by atoms with Gasteiger partial charge in [0.1, 0.15) is 0 Å². The van der Waals surface area contributed by atoms with E-state index >= 15 is 0 Å². The fourth-order valence-electron chi connectivity index (χ4n) is 2.99. The predicted molar refractivity (Wildman–Crippen MR) is 106 cm³/mol. The van der Waals surface area contributed by atoms with Gasteiger partial charge in [-0.1, -0.05) is 62.4 Å². The zero-order valence-electron chi connectivity index (χ0n) is 15.9. The molecule has 0 atom stereocenters. The van der Waals surface area contributed by atoms with Crippen molar-refractivity contribution < 1.29 is 9.59 Å². The van der Waals surface area contributed by atoms with Gasteiger partial charge in [0, 0.05) is 32.1 Å². The van der Waals surface area contributed by atoms with E-state index in [0.29, 0.717) is 13.1 Å². The minimum atomic E-state index is -0.0556. The molecular weight excluding hydrogens is 324 g/mol. The first-order valence-corrected chi connectivity index (χ1v) is 9.25. The van der Waals surface area contributed by atoms with Crippen LogP contribution in [0.1, 0.15) is 43.9 Å². The summed E-state index contributed by atoms with van der Waals surface area (Å²) in [5, 5.41) is 3.06. The Bertz CT molecular complexity index is 719. The van der Waals surface area contributed by atoms with E-state index in [1.165, 1.54) is 0 Å². The van der Waals surface area contributed by atoms with Crippen molar-refractivity contribution in [1.29, 1.82) is 0 Å². The molecule has 0 aliphatic heterocycles. The number of benzene rings is 2. The standard InChI is InChI=1S/C22H28N2O2/c1-4-19-12-9-13-20(5-2)22(19)23-21(26)14-15-24(17(3)25)16-18-10-7-6-8-11-18/h6-13H,4-5,14-16H2,1-3H3,(H,23,26). The number of carbonyl (C=O) groups excluding carboxylic acids is 2. The van der Waals surface area contributed by atoms with E-state index in [-0.39, 0.29) is 18.2 Å². The molecule has 4 heteroatoms. The highest BCUT2D eigenvalue weighted by Gasteiger charge is 2.14. The molecule has 138 valence electrons. The molecule has 2 aromatic rings. The van der Waals surface area contributed by atoms with Crippen molar-refractivity contribution in [2.24, 2.45) is 0 Å². The molecule has 2 aromatic carbocycles. The highest BCUT2D eigenvalue weighted by Crippen LogP contribution is 2.22. The number of nitrogens with zero attached hydrogens (tertiary/aromatic N) is 1. The fraction of sp³-hybridized carbons (Fsp3) is 0.364. The third kappa shape index (κ3) is 5.45. The number of hydrogen-bond donors (Lipinski definition) is 1. The van der Waals surface area contributed by atoms with Gasteiger partial charge in [-0.2, -0.15) is 0 Å². The summed E-state index contributed by atoms with van der Waals surface area (Å²) in [5.74, 6) is -0.0789. The molecule has 0 fully saturated rings. The van der Waals surface area contributed by atoms with Gasteiger partial charge in [-0.05, 0) is 29.5 Å². The van der Waals surface area contributed by atoms with Crippen LogP contribution in [0.15, 0.2) is 48.5 Å². The Morgan fingerprint density at radius 2 is 1.54 bits per heavy atom. The van der Waals surface area contributed by atoms with E-state index in [1.807, 2.05) is 48.5 Å². The number of hydrogen-bond acceptors (Lipinski definition) is 2. The summed E-state index contributed by atoms with van der Waals surface area (Å²) in [6.07, 6.45) is 2.03. The summed E-state index contributed by atoms with van der Waals surface area (Å²) in [4.78, 5) is 26.1. The smallest absolute Gasteiger partial charge is 0.226 e. The number of para-hydroxylation sites is 1. The first-order chi connectivity index (χ1) is 12.5. The van der Waals surface area contributed by atoms with Crippen molar-refractivity contribution in [3.05, 3.63) is 65.2 Å². The van der Waals surface area contributed by atoms with Crippen LogP contribution in [0.3, 0.4) is 0 Å². The van der Waals surface area contributed by atoms with Crippen LogP contribution in [0.25, 0.3) is 0 Å². The number of aryl methyl sites for hydroxylation is 2. The highest BCUT2D eigenvalue weighted by molar-refractivity contribution is 5.92. The second-order valence-electron chi connectivity index (χ2n) is 6.38. The SMILES string of the molecule is CCc1cccc(CC)c1NC(=O)CCN(Cc1ccccc1)C(C)=O. The Kier molecular flexibility index (Phi) is 7.39. The van der Waals surface area contributed by atoms with E-state index in [0.717, 1.165) is 35.2 Å². The zero-order chi connectivity index (χ0) is 18.9. The van der Waals surface area contributed by atoms with Crippen LogP contribution in [-0.4, -0.2) is 23.3 Å². The van der Waals surface area contributed by atoms with Gasteiger partial charge < -0.3 is 10.2 Å². The molecule has 0 saturated carbocycles. The maximum Gasteiger partial charge on any atom is 0.226 e. The lowest BCUT2D eigenvalue weighted by Gasteiger charge is -2.21. The quantitative estimate of drug-likeness (QED) is 0.774. The van der Waals surface area contributed by atoms with Gasteiger partial charge in [-0.25, -0.2) is 0 Å². The second-order valence-corrected chi connectivity index (χ2v) is 6.38.